The topological polar surface area (TPSA) is 66.5 Å². The van der Waals surface area contributed by atoms with E-state index in [9.17, 15) is 17.6 Å². The van der Waals surface area contributed by atoms with Crippen molar-refractivity contribution in [1.29, 1.82) is 0 Å². The van der Waals surface area contributed by atoms with Crippen LogP contribution in [0.4, 0.5) is 10.1 Å². The summed E-state index contributed by atoms with van der Waals surface area (Å²) in [5.74, 6) is -1.02. The van der Waals surface area contributed by atoms with Crippen molar-refractivity contribution in [2.24, 2.45) is 0 Å². The number of anilines is 1. The van der Waals surface area contributed by atoms with Crippen LogP contribution in [0.5, 0.6) is 0 Å². The lowest BCUT2D eigenvalue weighted by Gasteiger charge is -2.24. The smallest absolute Gasteiger partial charge is 0.264 e. The maximum atomic E-state index is 13.5. The van der Waals surface area contributed by atoms with E-state index >= 15 is 0 Å². The largest absolute Gasteiger partial charge is 0.355 e. The van der Waals surface area contributed by atoms with Gasteiger partial charge in [0.05, 0.1) is 10.6 Å². The maximum absolute atomic E-state index is 13.5. The molecule has 5 nitrogen and oxygen atoms in total. The van der Waals surface area contributed by atoms with Crippen molar-refractivity contribution >= 4 is 21.6 Å². The van der Waals surface area contributed by atoms with Crippen molar-refractivity contribution in [3.63, 3.8) is 0 Å². The average Bonchev–Trinajstić information content (AvgIpc) is 2.58. The van der Waals surface area contributed by atoms with Crippen molar-refractivity contribution in [2.75, 3.05) is 17.4 Å². The number of carbonyl (C=O) groups excluding carboxylic acids is 1. The monoisotopic (exact) mass is 350 g/mol. The van der Waals surface area contributed by atoms with Gasteiger partial charge in [-0.1, -0.05) is 31.2 Å². The number of rotatable bonds is 7. The molecule has 0 fully saturated rings. The first-order valence-electron chi connectivity index (χ1n) is 7.55. The normalized spacial score (nSPS) is 11.1. The van der Waals surface area contributed by atoms with E-state index in [1.54, 1.807) is 18.2 Å². The first-order valence-corrected chi connectivity index (χ1v) is 8.99. The minimum absolute atomic E-state index is 0.0394. The molecule has 0 saturated carbocycles. The van der Waals surface area contributed by atoms with Gasteiger partial charge in [-0.05, 0) is 36.8 Å². The van der Waals surface area contributed by atoms with E-state index in [-0.39, 0.29) is 10.6 Å². The summed E-state index contributed by atoms with van der Waals surface area (Å²) in [5.41, 5.74) is 0.102. The van der Waals surface area contributed by atoms with Crippen molar-refractivity contribution in [1.82, 2.24) is 5.32 Å². The molecule has 2 aromatic rings. The number of amides is 1. The highest BCUT2D eigenvalue weighted by Crippen LogP contribution is 2.24. The third kappa shape index (κ3) is 4.32. The van der Waals surface area contributed by atoms with Crippen LogP contribution in [-0.4, -0.2) is 27.4 Å². The molecule has 128 valence electrons. The molecule has 0 atom stereocenters. The zero-order valence-corrected chi connectivity index (χ0v) is 14.1. The highest BCUT2D eigenvalue weighted by molar-refractivity contribution is 7.92. The SMILES string of the molecule is CCCNC(=O)CN(c1cccc(F)c1)S(=O)(=O)c1ccccc1. The molecule has 2 rings (SSSR count). The van der Waals surface area contributed by atoms with E-state index in [4.69, 9.17) is 0 Å². The molecule has 1 N–H and O–H groups in total. The Hall–Kier alpha value is -2.41. The quantitative estimate of drug-likeness (QED) is 0.834. The Morgan fingerprint density at radius 2 is 1.83 bits per heavy atom. The molecule has 0 radical (unpaired) electrons. The molecule has 0 aliphatic carbocycles. The number of carbonyl (C=O) groups is 1. The zero-order valence-electron chi connectivity index (χ0n) is 13.3. The van der Waals surface area contributed by atoms with Crippen LogP contribution in [0.3, 0.4) is 0 Å². The number of benzene rings is 2. The van der Waals surface area contributed by atoms with Gasteiger partial charge in [0.25, 0.3) is 10.0 Å². The van der Waals surface area contributed by atoms with Crippen molar-refractivity contribution in [2.45, 2.75) is 18.2 Å². The zero-order chi connectivity index (χ0) is 17.6. The second kappa shape index (κ2) is 7.92. The molecule has 0 heterocycles. The van der Waals surface area contributed by atoms with Crippen LogP contribution in [0.15, 0.2) is 59.5 Å². The minimum atomic E-state index is -3.99. The summed E-state index contributed by atoms with van der Waals surface area (Å²) in [6, 6.07) is 12.9. The van der Waals surface area contributed by atoms with E-state index < -0.39 is 28.3 Å². The van der Waals surface area contributed by atoms with Crippen molar-refractivity contribution < 1.29 is 17.6 Å². The van der Waals surface area contributed by atoms with Crippen LogP contribution in [0.25, 0.3) is 0 Å². The number of nitrogens with one attached hydrogen (secondary N) is 1. The third-order valence-electron chi connectivity index (χ3n) is 3.29. The lowest BCUT2D eigenvalue weighted by Crippen LogP contribution is -2.41. The Bertz CT molecular complexity index is 794. The predicted octanol–water partition coefficient (Wildman–Crippen LogP) is 2.55. The van der Waals surface area contributed by atoms with E-state index in [2.05, 4.69) is 5.32 Å². The number of hydrogen-bond acceptors (Lipinski definition) is 3. The van der Waals surface area contributed by atoms with Gasteiger partial charge >= 0.3 is 0 Å². The highest BCUT2D eigenvalue weighted by atomic mass is 32.2. The summed E-state index contributed by atoms with van der Waals surface area (Å²) in [6.45, 7) is 1.92. The van der Waals surface area contributed by atoms with Crippen molar-refractivity contribution in [3.05, 3.63) is 60.4 Å². The molecule has 2 aromatic carbocycles. The molecular weight excluding hydrogens is 331 g/mol. The van der Waals surface area contributed by atoms with Gasteiger partial charge in [-0.15, -0.1) is 0 Å². The second-order valence-corrected chi connectivity index (χ2v) is 7.02. The van der Waals surface area contributed by atoms with E-state index in [1.165, 1.54) is 30.3 Å². The summed E-state index contributed by atoms with van der Waals surface area (Å²) in [6.07, 6.45) is 0.733. The Morgan fingerprint density at radius 1 is 1.12 bits per heavy atom. The molecule has 24 heavy (non-hydrogen) atoms. The van der Waals surface area contributed by atoms with E-state index in [0.717, 1.165) is 16.8 Å². The average molecular weight is 350 g/mol. The number of nitrogens with zero attached hydrogens (tertiary/aromatic N) is 1. The van der Waals surface area contributed by atoms with Crippen LogP contribution in [0.2, 0.25) is 0 Å². The molecule has 0 aliphatic rings. The molecule has 0 bridgehead atoms. The summed E-state index contributed by atoms with van der Waals surface area (Å²) in [5, 5.41) is 2.63. The molecule has 0 unspecified atom stereocenters. The molecule has 1 amide bonds. The fourth-order valence-electron chi connectivity index (χ4n) is 2.12. The van der Waals surface area contributed by atoms with Crippen LogP contribution in [-0.2, 0) is 14.8 Å². The first kappa shape index (κ1) is 17.9. The van der Waals surface area contributed by atoms with Crippen molar-refractivity contribution in [3.8, 4) is 0 Å². The molecule has 0 saturated heterocycles. The van der Waals surface area contributed by atoms with Gasteiger partial charge in [0, 0.05) is 6.54 Å². The van der Waals surface area contributed by atoms with Crippen LogP contribution in [0.1, 0.15) is 13.3 Å². The fourth-order valence-corrected chi connectivity index (χ4v) is 3.55. The first-order chi connectivity index (χ1) is 11.4. The van der Waals surface area contributed by atoms with Gasteiger partial charge in [-0.25, -0.2) is 12.8 Å². The summed E-state index contributed by atoms with van der Waals surface area (Å²) >= 11 is 0. The lowest BCUT2D eigenvalue weighted by atomic mass is 10.3. The van der Waals surface area contributed by atoms with Crippen LogP contribution < -0.4 is 9.62 Å². The summed E-state index contributed by atoms with van der Waals surface area (Å²) in [7, 11) is -3.99. The standard InChI is InChI=1S/C17H19FN2O3S/c1-2-11-19-17(21)13-20(15-8-6-7-14(18)12-15)24(22,23)16-9-4-3-5-10-16/h3-10,12H,2,11,13H2,1H3,(H,19,21). The third-order valence-corrected chi connectivity index (χ3v) is 5.07. The Labute approximate surface area is 141 Å². The van der Waals surface area contributed by atoms with Crippen LogP contribution >= 0.6 is 0 Å². The van der Waals surface area contributed by atoms with Gasteiger partial charge in [-0.3, -0.25) is 9.10 Å². The van der Waals surface area contributed by atoms with Gasteiger partial charge in [0.1, 0.15) is 12.4 Å². The molecule has 0 spiro atoms. The Morgan fingerprint density at radius 3 is 2.46 bits per heavy atom. The number of halogens is 1. The van der Waals surface area contributed by atoms with Gasteiger partial charge in [0.15, 0.2) is 0 Å². The van der Waals surface area contributed by atoms with E-state index in [1.807, 2.05) is 6.92 Å². The predicted molar refractivity (Wildman–Crippen MR) is 90.7 cm³/mol. The molecule has 0 aliphatic heterocycles. The Kier molecular flexibility index (Phi) is 5.92. The highest BCUT2D eigenvalue weighted by Gasteiger charge is 2.27. The Balaban J connectivity index is 2.41. The molecule has 7 heteroatoms. The van der Waals surface area contributed by atoms with Gasteiger partial charge < -0.3 is 5.32 Å². The maximum Gasteiger partial charge on any atom is 0.264 e. The summed E-state index contributed by atoms with van der Waals surface area (Å²) in [4.78, 5) is 12.1. The second-order valence-electron chi connectivity index (χ2n) is 5.15. The number of hydrogen-bond donors (Lipinski definition) is 1. The molecular formula is C17H19FN2O3S. The minimum Gasteiger partial charge on any atom is -0.355 e. The fraction of sp³-hybridized carbons (Fsp3) is 0.235. The number of sulfonamides is 1. The van der Waals surface area contributed by atoms with Gasteiger partial charge in [-0.2, -0.15) is 0 Å². The van der Waals surface area contributed by atoms with Gasteiger partial charge in [0.2, 0.25) is 5.91 Å². The lowest BCUT2D eigenvalue weighted by molar-refractivity contribution is -0.119. The molecule has 0 aromatic heterocycles. The summed E-state index contributed by atoms with van der Waals surface area (Å²) < 4.78 is 40.2. The van der Waals surface area contributed by atoms with E-state index in [0.29, 0.717) is 6.54 Å². The van der Waals surface area contributed by atoms with Crippen LogP contribution in [0, 0.1) is 5.82 Å².